The number of carbonyl (C=O) groups is 1. The summed E-state index contributed by atoms with van der Waals surface area (Å²) in [4.78, 5) is 23.5. The fraction of sp³-hybridized carbons (Fsp3) is 0.235. The molecule has 6 nitrogen and oxygen atoms in total. The third kappa shape index (κ3) is 3.15. The molecule has 2 heterocycles. The van der Waals surface area contributed by atoms with E-state index in [1.807, 2.05) is 30.3 Å². The van der Waals surface area contributed by atoms with Gasteiger partial charge in [-0.15, -0.1) is 0 Å². The topological polar surface area (TPSA) is 64.0 Å². The number of carbonyl (C=O) groups excluding carboxylic acids is 1. The zero-order valence-electron chi connectivity index (χ0n) is 13.0. The Morgan fingerprint density at radius 2 is 2.04 bits per heavy atom. The van der Waals surface area contributed by atoms with Crippen LogP contribution in [0, 0.1) is 0 Å². The summed E-state index contributed by atoms with van der Waals surface area (Å²) < 4.78 is 5.01. The van der Waals surface area contributed by atoms with Crippen LogP contribution in [0.25, 0.3) is 0 Å². The molecule has 1 amide bonds. The first-order valence-electron chi connectivity index (χ1n) is 7.25. The molecule has 1 unspecified atom stereocenters. The second-order valence-electron chi connectivity index (χ2n) is 5.17. The van der Waals surface area contributed by atoms with Gasteiger partial charge in [-0.3, -0.25) is 4.79 Å². The number of rotatable bonds is 4. The number of hydrogen-bond donors (Lipinski definition) is 0. The van der Waals surface area contributed by atoms with Gasteiger partial charge in [-0.2, -0.15) is 0 Å². The van der Waals surface area contributed by atoms with Crippen LogP contribution >= 0.6 is 0 Å². The Kier molecular flexibility index (Phi) is 4.23. The first-order valence-corrected chi connectivity index (χ1v) is 7.25. The van der Waals surface area contributed by atoms with Crippen LogP contribution in [-0.4, -0.2) is 30.8 Å². The van der Waals surface area contributed by atoms with Crippen molar-refractivity contribution in [1.82, 2.24) is 4.98 Å². The van der Waals surface area contributed by atoms with Crippen molar-refractivity contribution in [2.45, 2.75) is 12.5 Å². The van der Waals surface area contributed by atoms with Crippen molar-refractivity contribution < 1.29 is 14.4 Å². The summed E-state index contributed by atoms with van der Waals surface area (Å²) in [7, 11) is 3.23. The van der Waals surface area contributed by atoms with Gasteiger partial charge in [0.1, 0.15) is 5.71 Å². The number of benzene rings is 1. The van der Waals surface area contributed by atoms with Gasteiger partial charge in [-0.05, 0) is 11.6 Å². The van der Waals surface area contributed by atoms with E-state index in [9.17, 15) is 4.79 Å². The number of methoxy groups -OCH3 is 1. The van der Waals surface area contributed by atoms with Gasteiger partial charge >= 0.3 is 0 Å². The molecule has 23 heavy (non-hydrogen) atoms. The van der Waals surface area contributed by atoms with E-state index >= 15 is 0 Å². The molecular formula is C17H17N3O3. The predicted molar refractivity (Wildman–Crippen MR) is 86.5 cm³/mol. The van der Waals surface area contributed by atoms with Crippen molar-refractivity contribution in [2.24, 2.45) is 5.16 Å². The standard InChI is InChI=1S/C17H17N3O3/c1-20(13-8-9-16(22-2)18-11-13)17(21)14-10-15(23-19-14)12-6-4-3-5-7-12/h3-9,11,15H,10H2,1-2H3. The van der Waals surface area contributed by atoms with Gasteiger partial charge in [0.05, 0.1) is 19.0 Å². The second kappa shape index (κ2) is 6.48. The van der Waals surface area contributed by atoms with Gasteiger partial charge < -0.3 is 14.5 Å². The maximum atomic E-state index is 12.5. The molecule has 3 rings (SSSR count). The highest BCUT2D eigenvalue weighted by Gasteiger charge is 2.29. The number of anilines is 1. The van der Waals surface area contributed by atoms with Crippen LogP contribution in [-0.2, 0) is 9.63 Å². The van der Waals surface area contributed by atoms with Crippen molar-refractivity contribution in [1.29, 1.82) is 0 Å². The van der Waals surface area contributed by atoms with Crippen molar-refractivity contribution in [3.05, 3.63) is 54.2 Å². The summed E-state index contributed by atoms with van der Waals surface area (Å²) in [5, 5.41) is 3.95. The smallest absolute Gasteiger partial charge is 0.276 e. The molecule has 2 aromatic rings. The average Bonchev–Trinajstić information content (AvgIpc) is 3.11. The molecular weight excluding hydrogens is 294 g/mol. The van der Waals surface area contributed by atoms with E-state index in [1.54, 1.807) is 32.5 Å². The molecule has 118 valence electrons. The lowest BCUT2D eigenvalue weighted by Gasteiger charge is -2.16. The molecule has 1 atom stereocenters. The SMILES string of the molecule is COc1ccc(N(C)C(=O)C2=NOC(c3ccccc3)C2)cn1. The molecule has 0 radical (unpaired) electrons. The number of hydrogen-bond acceptors (Lipinski definition) is 5. The van der Waals surface area contributed by atoms with E-state index in [1.165, 1.54) is 4.90 Å². The van der Waals surface area contributed by atoms with Crippen LogP contribution in [0.4, 0.5) is 5.69 Å². The minimum absolute atomic E-state index is 0.199. The Morgan fingerprint density at radius 3 is 2.70 bits per heavy atom. The second-order valence-corrected chi connectivity index (χ2v) is 5.17. The van der Waals surface area contributed by atoms with Crippen molar-refractivity contribution >= 4 is 17.3 Å². The highest BCUT2D eigenvalue weighted by atomic mass is 16.6. The highest BCUT2D eigenvalue weighted by molar-refractivity contribution is 6.43. The summed E-state index contributed by atoms with van der Waals surface area (Å²) in [6.45, 7) is 0. The number of oxime groups is 1. The van der Waals surface area contributed by atoms with Crippen LogP contribution in [0.2, 0.25) is 0 Å². The summed E-state index contributed by atoms with van der Waals surface area (Å²) >= 11 is 0. The number of nitrogens with zero attached hydrogens (tertiary/aromatic N) is 3. The van der Waals surface area contributed by atoms with Gasteiger partial charge in [0.2, 0.25) is 5.88 Å². The van der Waals surface area contributed by atoms with E-state index in [4.69, 9.17) is 9.57 Å². The Balaban J connectivity index is 1.68. The first kappa shape index (κ1) is 15.0. The lowest BCUT2D eigenvalue weighted by Crippen LogP contribution is -2.32. The van der Waals surface area contributed by atoms with E-state index < -0.39 is 0 Å². The fourth-order valence-corrected chi connectivity index (χ4v) is 2.35. The normalized spacial score (nSPS) is 16.4. The molecule has 0 saturated carbocycles. The zero-order chi connectivity index (χ0) is 16.2. The lowest BCUT2D eigenvalue weighted by atomic mass is 10.0. The number of amides is 1. The van der Waals surface area contributed by atoms with E-state index in [0.717, 1.165) is 5.56 Å². The number of aromatic nitrogens is 1. The fourth-order valence-electron chi connectivity index (χ4n) is 2.35. The largest absolute Gasteiger partial charge is 0.481 e. The van der Waals surface area contributed by atoms with Gasteiger partial charge in [0.15, 0.2) is 6.10 Å². The highest BCUT2D eigenvalue weighted by Crippen LogP contribution is 2.28. The van der Waals surface area contributed by atoms with Gasteiger partial charge in [0, 0.05) is 19.5 Å². The van der Waals surface area contributed by atoms with Crippen molar-refractivity contribution in [3.63, 3.8) is 0 Å². The summed E-state index contributed by atoms with van der Waals surface area (Å²) in [6, 6.07) is 13.2. The number of pyridine rings is 1. The average molecular weight is 311 g/mol. The van der Waals surface area contributed by atoms with E-state index in [-0.39, 0.29) is 12.0 Å². The molecule has 1 aromatic carbocycles. The molecule has 0 N–H and O–H groups in total. The molecule has 6 heteroatoms. The third-order valence-corrected chi connectivity index (χ3v) is 3.71. The Bertz CT molecular complexity index is 714. The molecule has 1 aliphatic rings. The van der Waals surface area contributed by atoms with E-state index in [0.29, 0.717) is 23.7 Å². The van der Waals surface area contributed by atoms with Crippen LogP contribution in [0.1, 0.15) is 18.1 Å². The minimum atomic E-state index is -0.211. The summed E-state index contributed by atoms with van der Waals surface area (Å²) in [5.74, 6) is 0.302. The molecule has 0 saturated heterocycles. The molecule has 0 aliphatic carbocycles. The summed E-state index contributed by atoms with van der Waals surface area (Å²) in [6.07, 6.45) is 1.83. The molecule has 1 aliphatic heterocycles. The molecule has 0 spiro atoms. The quantitative estimate of drug-likeness (QED) is 0.870. The van der Waals surface area contributed by atoms with Gasteiger partial charge in [-0.25, -0.2) is 4.98 Å². The zero-order valence-corrected chi connectivity index (χ0v) is 13.0. The van der Waals surface area contributed by atoms with Gasteiger partial charge in [0.25, 0.3) is 5.91 Å². The Hall–Kier alpha value is -2.89. The minimum Gasteiger partial charge on any atom is -0.481 e. The molecule has 0 fully saturated rings. The molecule has 0 bridgehead atoms. The first-order chi connectivity index (χ1) is 11.2. The Morgan fingerprint density at radius 1 is 1.26 bits per heavy atom. The predicted octanol–water partition coefficient (Wildman–Crippen LogP) is 2.57. The van der Waals surface area contributed by atoms with Crippen LogP contribution in [0.15, 0.2) is 53.8 Å². The monoisotopic (exact) mass is 311 g/mol. The Labute approximate surface area is 134 Å². The van der Waals surface area contributed by atoms with Gasteiger partial charge in [-0.1, -0.05) is 35.5 Å². The maximum Gasteiger partial charge on any atom is 0.276 e. The van der Waals surface area contributed by atoms with Crippen LogP contribution < -0.4 is 9.64 Å². The maximum absolute atomic E-state index is 12.5. The van der Waals surface area contributed by atoms with Crippen molar-refractivity contribution in [2.75, 3.05) is 19.1 Å². The van der Waals surface area contributed by atoms with E-state index in [2.05, 4.69) is 10.1 Å². The van der Waals surface area contributed by atoms with Crippen LogP contribution in [0.3, 0.4) is 0 Å². The lowest BCUT2D eigenvalue weighted by molar-refractivity contribution is -0.112. The molecule has 1 aromatic heterocycles. The van der Waals surface area contributed by atoms with Crippen molar-refractivity contribution in [3.8, 4) is 5.88 Å². The van der Waals surface area contributed by atoms with Crippen LogP contribution in [0.5, 0.6) is 5.88 Å². The third-order valence-electron chi connectivity index (χ3n) is 3.71. The summed E-state index contributed by atoms with van der Waals surface area (Å²) in [5.41, 5.74) is 2.08. The number of ether oxygens (including phenoxy) is 1.